The predicted octanol–water partition coefficient (Wildman–Crippen LogP) is 1.79. The zero-order valence-electron chi connectivity index (χ0n) is 12.6. The van der Waals surface area contributed by atoms with Crippen LogP contribution in [-0.2, 0) is 11.8 Å². The Kier molecular flexibility index (Phi) is 6.49. The molecule has 0 amide bonds. The average Bonchev–Trinajstić information content (AvgIpc) is 2.39. The first-order valence-electron chi connectivity index (χ1n) is 7.25. The molecule has 5 N–H and O–H groups in total. The van der Waals surface area contributed by atoms with Crippen molar-refractivity contribution >= 4 is 0 Å². The molecule has 0 aliphatic rings. The van der Waals surface area contributed by atoms with E-state index in [-0.39, 0.29) is 11.5 Å². The van der Waals surface area contributed by atoms with Gasteiger partial charge in [-0.25, -0.2) is 0 Å². The number of hydrogen-bond acceptors (Lipinski definition) is 3. The first-order chi connectivity index (χ1) is 8.99. The minimum atomic E-state index is 0.0442. The molecule has 0 saturated heterocycles. The summed E-state index contributed by atoms with van der Waals surface area (Å²) in [5.74, 6) is 0. The molecule has 3 heteroatoms. The largest absolute Gasteiger partial charge is 0.329 e. The lowest BCUT2D eigenvalue weighted by Crippen LogP contribution is -2.43. The molecule has 1 aromatic carbocycles. The molecule has 0 saturated carbocycles. The van der Waals surface area contributed by atoms with Gasteiger partial charge in [-0.3, -0.25) is 0 Å². The smallest absolute Gasteiger partial charge is 0.0290 e. The van der Waals surface area contributed by atoms with Gasteiger partial charge in [0, 0.05) is 31.1 Å². The Morgan fingerprint density at radius 3 is 2.37 bits per heavy atom. The van der Waals surface area contributed by atoms with Crippen molar-refractivity contribution < 1.29 is 0 Å². The maximum absolute atomic E-state index is 5.81. The van der Waals surface area contributed by atoms with E-state index in [1.807, 2.05) is 0 Å². The van der Waals surface area contributed by atoms with Crippen LogP contribution < -0.4 is 16.8 Å². The Morgan fingerprint density at radius 1 is 1.21 bits per heavy atom. The fourth-order valence-corrected chi connectivity index (χ4v) is 2.17. The molecule has 0 aromatic heterocycles. The van der Waals surface area contributed by atoms with Gasteiger partial charge in [0.2, 0.25) is 0 Å². The normalized spacial score (nSPS) is 13.5. The van der Waals surface area contributed by atoms with Gasteiger partial charge in [0.15, 0.2) is 0 Å². The maximum atomic E-state index is 5.81. The monoisotopic (exact) mass is 263 g/mol. The van der Waals surface area contributed by atoms with Gasteiger partial charge in [-0.05, 0) is 17.5 Å². The lowest BCUT2D eigenvalue weighted by atomic mass is 9.84. The average molecular weight is 263 g/mol. The molecule has 1 unspecified atom stereocenters. The van der Waals surface area contributed by atoms with Crippen LogP contribution in [0.25, 0.3) is 0 Å². The predicted molar refractivity (Wildman–Crippen MR) is 83.4 cm³/mol. The molecule has 0 radical (unpaired) electrons. The summed E-state index contributed by atoms with van der Waals surface area (Å²) in [6, 6.07) is 9.02. The molecule has 1 atom stereocenters. The Bertz CT molecular complexity index is 357. The highest BCUT2D eigenvalue weighted by atomic mass is 14.9. The van der Waals surface area contributed by atoms with Crippen molar-refractivity contribution in [2.24, 2.45) is 11.5 Å². The van der Waals surface area contributed by atoms with E-state index in [0.29, 0.717) is 6.54 Å². The molecule has 0 aliphatic heterocycles. The summed E-state index contributed by atoms with van der Waals surface area (Å²) in [6.07, 6.45) is 2.35. The highest BCUT2D eigenvalue weighted by molar-refractivity contribution is 5.28. The van der Waals surface area contributed by atoms with Crippen molar-refractivity contribution in [1.82, 2.24) is 5.32 Å². The number of nitrogens with two attached hydrogens (primary N) is 2. The summed E-state index contributed by atoms with van der Waals surface area (Å²) in [7, 11) is 0. The minimum absolute atomic E-state index is 0.0442. The van der Waals surface area contributed by atoms with Crippen molar-refractivity contribution in [3.63, 3.8) is 0 Å². The molecule has 1 rings (SSSR count). The zero-order chi connectivity index (χ0) is 14.3. The second kappa shape index (κ2) is 7.63. The molecule has 0 fully saturated rings. The van der Waals surface area contributed by atoms with Crippen LogP contribution >= 0.6 is 0 Å². The maximum Gasteiger partial charge on any atom is 0.0290 e. The fraction of sp³-hybridized carbons (Fsp3) is 0.625. The molecule has 19 heavy (non-hydrogen) atoms. The van der Waals surface area contributed by atoms with Crippen molar-refractivity contribution in [2.45, 2.75) is 45.1 Å². The molecule has 3 nitrogen and oxygen atoms in total. The van der Waals surface area contributed by atoms with E-state index in [1.165, 1.54) is 17.5 Å². The molecule has 0 heterocycles. The van der Waals surface area contributed by atoms with Gasteiger partial charge >= 0.3 is 0 Å². The first kappa shape index (κ1) is 16.2. The summed E-state index contributed by atoms with van der Waals surface area (Å²) in [5, 5.41) is 3.41. The third kappa shape index (κ3) is 5.31. The molecule has 1 aromatic rings. The summed E-state index contributed by atoms with van der Waals surface area (Å²) in [4.78, 5) is 0. The Balaban J connectivity index is 2.55. The van der Waals surface area contributed by atoms with E-state index in [4.69, 9.17) is 11.5 Å². The summed E-state index contributed by atoms with van der Waals surface area (Å²) in [5.41, 5.74) is 14.2. The van der Waals surface area contributed by atoms with E-state index in [1.54, 1.807) is 0 Å². The Morgan fingerprint density at radius 2 is 1.84 bits per heavy atom. The number of rotatable bonds is 8. The van der Waals surface area contributed by atoms with Gasteiger partial charge < -0.3 is 16.8 Å². The van der Waals surface area contributed by atoms with Crippen LogP contribution in [0.2, 0.25) is 0 Å². The van der Waals surface area contributed by atoms with Gasteiger partial charge in [0.25, 0.3) is 0 Å². The fourth-order valence-electron chi connectivity index (χ4n) is 2.17. The Hall–Kier alpha value is -0.900. The van der Waals surface area contributed by atoms with Crippen LogP contribution in [0.5, 0.6) is 0 Å². The molecule has 0 aliphatic carbocycles. The Labute approximate surface area is 117 Å². The van der Waals surface area contributed by atoms with Crippen molar-refractivity contribution in [3.05, 3.63) is 35.4 Å². The van der Waals surface area contributed by atoms with Gasteiger partial charge in [0.05, 0.1) is 0 Å². The first-order valence-corrected chi connectivity index (χ1v) is 7.25. The molecule has 0 bridgehead atoms. The zero-order valence-corrected chi connectivity index (χ0v) is 12.6. The van der Waals surface area contributed by atoms with Gasteiger partial charge in [-0.15, -0.1) is 0 Å². The van der Waals surface area contributed by atoms with Crippen LogP contribution in [0.3, 0.4) is 0 Å². The van der Waals surface area contributed by atoms with Crippen LogP contribution in [0.4, 0.5) is 0 Å². The van der Waals surface area contributed by atoms with E-state index in [2.05, 4.69) is 50.4 Å². The lowest BCUT2D eigenvalue weighted by molar-refractivity contribution is 0.454. The second-order valence-electron chi connectivity index (χ2n) is 5.96. The quantitative estimate of drug-likeness (QED) is 0.670. The number of nitrogens with one attached hydrogen (secondary N) is 1. The SMILES string of the molecule is CCCc1ccc(C(C)(C)CNCC(N)CN)cc1. The van der Waals surface area contributed by atoms with Crippen LogP contribution in [-0.4, -0.2) is 25.7 Å². The molecular weight excluding hydrogens is 234 g/mol. The van der Waals surface area contributed by atoms with Gasteiger partial charge in [0.1, 0.15) is 0 Å². The van der Waals surface area contributed by atoms with E-state index >= 15 is 0 Å². The molecular formula is C16H29N3. The third-order valence-corrected chi connectivity index (χ3v) is 3.55. The highest BCUT2D eigenvalue weighted by Gasteiger charge is 2.20. The standard InChI is InChI=1S/C16H29N3/c1-4-5-13-6-8-14(9-7-13)16(2,3)12-19-11-15(18)10-17/h6-9,15,19H,4-5,10-12,17-18H2,1-3H3. The van der Waals surface area contributed by atoms with E-state index in [0.717, 1.165) is 19.5 Å². The second-order valence-corrected chi connectivity index (χ2v) is 5.96. The van der Waals surface area contributed by atoms with Crippen LogP contribution in [0, 0.1) is 0 Å². The lowest BCUT2D eigenvalue weighted by Gasteiger charge is -2.26. The van der Waals surface area contributed by atoms with Gasteiger partial charge in [-0.2, -0.15) is 0 Å². The summed E-state index contributed by atoms with van der Waals surface area (Å²) in [6.45, 7) is 8.93. The number of benzene rings is 1. The van der Waals surface area contributed by atoms with Crippen molar-refractivity contribution in [3.8, 4) is 0 Å². The van der Waals surface area contributed by atoms with Crippen LogP contribution in [0.15, 0.2) is 24.3 Å². The minimum Gasteiger partial charge on any atom is -0.329 e. The van der Waals surface area contributed by atoms with Crippen molar-refractivity contribution in [1.29, 1.82) is 0 Å². The molecule has 0 spiro atoms. The highest BCUT2D eigenvalue weighted by Crippen LogP contribution is 2.22. The van der Waals surface area contributed by atoms with Crippen molar-refractivity contribution in [2.75, 3.05) is 19.6 Å². The topological polar surface area (TPSA) is 64.1 Å². The van der Waals surface area contributed by atoms with E-state index < -0.39 is 0 Å². The third-order valence-electron chi connectivity index (χ3n) is 3.55. The van der Waals surface area contributed by atoms with Gasteiger partial charge in [-0.1, -0.05) is 51.5 Å². The summed E-state index contributed by atoms with van der Waals surface area (Å²) >= 11 is 0. The molecule has 108 valence electrons. The van der Waals surface area contributed by atoms with E-state index in [9.17, 15) is 0 Å². The number of hydrogen-bond donors (Lipinski definition) is 3. The number of aryl methyl sites for hydroxylation is 1. The van der Waals surface area contributed by atoms with Crippen LogP contribution in [0.1, 0.15) is 38.3 Å². The summed E-state index contributed by atoms with van der Waals surface area (Å²) < 4.78 is 0.